The Balaban J connectivity index is 2.02. The molecule has 0 saturated carbocycles. The van der Waals surface area contributed by atoms with Gasteiger partial charge in [0.1, 0.15) is 5.75 Å². The van der Waals surface area contributed by atoms with Gasteiger partial charge in [-0.25, -0.2) is 0 Å². The van der Waals surface area contributed by atoms with Gasteiger partial charge >= 0.3 is 6.36 Å². The number of amides is 2. The molecule has 0 aliphatic carbocycles. The van der Waals surface area contributed by atoms with Crippen LogP contribution in [0, 0.1) is 5.41 Å². The number of primary amides is 1. The fourth-order valence-electron chi connectivity index (χ4n) is 2.89. The molecule has 2 N–H and O–H groups in total. The van der Waals surface area contributed by atoms with Crippen molar-refractivity contribution in [3.8, 4) is 5.75 Å². The second-order valence-electron chi connectivity index (χ2n) is 5.86. The number of ether oxygens (including phenoxy) is 1. The number of piperidine rings is 1. The molecule has 2 rings (SSSR count). The lowest BCUT2D eigenvalue weighted by Crippen LogP contribution is -2.48. The maximum Gasteiger partial charge on any atom is 0.573 e. The molecule has 0 bridgehead atoms. The maximum atomic E-state index is 12.4. The van der Waals surface area contributed by atoms with E-state index < -0.39 is 11.8 Å². The Morgan fingerprint density at radius 1 is 1.21 bits per heavy atom. The van der Waals surface area contributed by atoms with E-state index in [4.69, 9.17) is 5.73 Å². The van der Waals surface area contributed by atoms with E-state index in [2.05, 4.69) is 4.74 Å². The van der Waals surface area contributed by atoms with Crippen LogP contribution in [0.2, 0.25) is 0 Å². The van der Waals surface area contributed by atoms with Crippen LogP contribution < -0.4 is 10.5 Å². The van der Waals surface area contributed by atoms with E-state index in [9.17, 15) is 22.8 Å². The summed E-state index contributed by atoms with van der Waals surface area (Å²) in [6.45, 7) is 2.66. The third kappa shape index (κ3) is 3.98. The van der Waals surface area contributed by atoms with Crippen LogP contribution in [0.25, 0.3) is 0 Å². The molecule has 1 aromatic rings. The van der Waals surface area contributed by atoms with Crippen molar-refractivity contribution in [2.24, 2.45) is 11.1 Å². The van der Waals surface area contributed by atoms with E-state index in [0.717, 1.165) is 12.1 Å². The molecule has 2 amide bonds. The lowest BCUT2D eigenvalue weighted by atomic mass is 9.75. The molecule has 0 radical (unpaired) electrons. The predicted octanol–water partition coefficient (Wildman–Crippen LogP) is 2.70. The molecule has 24 heavy (non-hydrogen) atoms. The second kappa shape index (κ2) is 6.70. The van der Waals surface area contributed by atoms with Gasteiger partial charge in [-0.3, -0.25) is 9.59 Å². The average molecular weight is 344 g/mol. The minimum atomic E-state index is -4.77. The van der Waals surface area contributed by atoms with Gasteiger partial charge in [0, 0.05) is 18.7 Å². The summed E-state index contributed by atoms with van der Waals surface area (Å²) < 4.78 is 40.2. The second-order valence-corrected chi connectivity index (χ2v) is 5.86. The SMILES string of the molecule is CCC1(C(N)=O)CCN(C(=O)c2ccc(OC(F)(F)F)cc2)CC1. The number of alkyl halides is 3. The highest BCUT2D eigenvalue weighted by atomic mass is 19.4. The van der Waals surface area contributed by atoms with Gasteiger partial charge in [0.05, 0.1) is 5.41 Å². The molecule has 0 aromatic heterocycles. The summed E-state index contributed by atoms with van der Waals surface area (Å²) in [5, 5.41) is 0. The number of nitrogens with two attached hydrogens (primary N) is 1. The summed E-state index contributed by atoms with van der Waals surface area (Å²) in [5.74, 6) is -1.02. The van der Waals surface area contributed by atoms with Crippen LogP contribution in [0.3, 0.4) is 0 Å². The number of benzene rings is 1. The Labute approximate surface area is 137 Å². The van der Waals surface area contributed by atoms with Crippen molar-refractivity contribution in [3.63, 3.8) is 0 Å². The fraction of sp³-hybridized carbons (Fsp3) is 0.500. The number of carbonyl (C=O) groups is 2. The minimum Gasteiger partial charge on any atom is -0.406 e. The molecule has 0 unspecified atom stereocenters. The van der Waals surface area contributed by atoms with Gasteiger partial charge in [-0.2, -0.15) is 0 Å². The number of halogens is 3. The first-order valence-corrected chi connectivity index (χ1v) is 7.62. The van der Waals surface area contributed by atoms with Crippen LogP contribution in [0.5, 0.6) is 5.75 Å². The third-order valence-electron chi connectivity index (χ3n) is 4.54. The van der Waals surface area contributed by atoms with Crippen molar-refractivity contribution in [1.29, 1.82) is 0 Å². The lowest BCUT2D eigenvalue weighted by molar-refractivity contribution is -0.274. The standard InChI is InChI=1S/C16H19F3N2O3/c1-2-15(14(20)23)7-9-21(10-8-15)13(22)11-3-5-12(6-4-11)24-16(17,18)19/h3-6H,2,7-10H2,1H3,(H2,20,23). The molecule has 0 spiro atoms. The molecule has 132 valence electrons. The zero-order chi connectivity index (χ0) is 18.0. The van der Waals surface area contributed by atoms with Gasteiger partial charge in [0.15, 0.2) is 0 Å². The van der Waals surface area contributed by atoms with Crippen molar-refractivity contribution in [2.75, 3.05) is 13.1 Å². The number of likely N-dealkylation sites (tertiary alicyclic amines) is 1. The topological polar surface area (TPSA) is 72.6 Å². The van der Waals surface area contributed by atoms with Crippen LogP contribution in [-0.2, 0) is 4.79 Å². The Morgan fingerprint density at radius 2 is 1.75 bits per heavy atom. The van der Waals surface area contributed by atoms with Crippen molar-refractivity contribution in [2.45, 2.75) is 32.5 Å². The molecule has 5 nitrogen and oxygen atoms in total. The van der Waals surface area contributed by atoms with Crippen LogP contribution in [0.1, 0.15) is 36.5 Å². The molecule has 1 aromatic carbocycles. The Hall–Kier alpha value is -2.25. The monoisotopic (exact) mass is 344 g/mol. The van der Waals surface area contributed by atoms with Gasteiger partial charge in [0.2, 0.25) is 5.91 Å². The average Bonchev–Trinajstić information content (AvgIpc) is 2.53. The molecular weight excluding hydrogens is 325 g/mol. The number of hydrogen-bond donors (Lipinski definition) is 1. The summed E-state index contributed by atoms with van der Waals surface area (Å²) in [6.07, 6.45) is -3.18. The van der Waals surface area contributed by atoms with E-state index in [1.54, 1.807) is 4.90 Å². The highest BCUT2D eigenvalue weighted by molar-refractivity contribution is 5.94. The highest BCUT2D eigenvalue weighted by Gasteiger charge is 2.39. The first-order valence-electron chi connectivity index (χ1n) is 7.62. The first kappa shape index (κ1) is 18.1. The van der Waals surface area contributed by atoms with Crippen LogP contribution in [-0.4, -0.2) is 36.2 Å². The molecule has 8 heteroatoms. The third-order valence-corrected chi connectivity index (χ3v) is 4.54. The maximum absolute atomic E-state index is 12.4. The van der Waals surface area contributed by atoms with E-state index in [0.29, 0.717) is 32.4 Å². The minimum absolute atomic E-state index is 0.271. The van der Waals surface area contributed by atoms with Gasteiger partial charge in [-0.1, -0.05) is 6.92 Å². The Bertz CT molecular complexity index is 606. The van der Waals surface area contributed by atoms with Crippen molar-refractivity contribution >= 4 is 11.8 Å². The first-order chi connectivity index (χ1) is 11.2. The molecule has 0 atom stereocenters. The lowest BCUT2D eigenvalue weighted by Gasteiger charge is -2.39. The quantitative estimate of drug-likeness (QED) is 0.913. The summed E-state index contributed by atoms with van der Waals surface area (Å²) in [6, 6.07) is 4.78. The van der Waals surface area contributed by atoms with E-state index in [1.165, 1.54) is 12.1 Å². The summed E-state index contributed by atoms with van der Waals surface area (Å²) in [4.78, 5) is 25.6. The van der Waals surface area contributed by atoms with Crippen molar-refractivity contribution in [1.82, 2.24) is 4.90 Å². The molecular formula is C16H19F3N2O3. The zero-order valence-electron chi connectivity index (χ0n) is 13.2. The predicted molar refractivity (Wildman–Crippen MR) is 80.2 cm³/mol. The largest absolute Gasteiger partial charge is 0.573 e. The van der Waals surface area contributed by atoms with Crippen LogP contribution in [0.15, 0.2) is 24.3 Å². The molecule has 1 aliphatic heterocycles. The number of rotatable bonds is 4. The summed E-state index contributed by atoms with van der Waals surface area (Å²) >= 11 is 0. The molecule has 1 fully saturated rings. The van der Waals surface area contributed by atoms with Gasteiger partial charge in [-0.15, -0.1) is 13.2 Å². The van der Waals surface area contributed by atoms with E-state index in [-0.39, 0.29) is 23.1 Å². The normalized spacial score (nSPS) is 17.4. The smallest absolute Gasteiger partial charge is 0.406 e. The molecule has 1 saturated heterocycles. The zero-order valence-corrected chi connectivity index (χ0v) is 13.2. The van der Waals surface area contributed by atoms with Crippen molar-refractivity contribution < 1.29 is 27.5 Å². The number of carbonyl (C=O) groups excluding carboxylic acids is 2. The van der Waals surface area contributed by atoms with Crippen LogP contribution >= 0.6 is 0 Å². The Kier molecular flexibility index (Phi) is 5.05. The highest BCUT2D eigenvalue weighted by Crippen LogP contribution is 2.35. The summed E-state index contributed by atoms with van der Waals surface area (Å²) in [5.41, 5.74) is 5.15. The Morgan fingerprint density at radius 3 is 2.17 bits per heavy atom. The van der Waals surface area contributed by atoms with Crippen LogP contribution in [0.4, 0.5) is 13.2 Å². The number of hydrogen-bond acceptors (Lipinski definition) is 3. The van der Waals surface area contributed by atoms with Gasteiger partial charge in [0.25, 0.3) is 5.91 Å². The van der Waals surface area contributed by atoms with Gasteiger partial charge < -0.3 is 15.4 Å². The molecule has 1 aliphatic rings. The molecule has 1 heterocycles. The fourth-order valence-corrected chi connectivity index (χ4v) is 2.89. The van der Waals surface area contributed by atoms with Crippen molar-refractivity contribution in [3.05, 3.63) is 29.8 Å². The summed E-state index contributed by atoms with van der Waals surface area (Å²) in [7, 11) is 0. The van der Waals surface area contributed by atoms with E-state index >= 15 is 0 Å². The number of nitrogens with zero attached hydrogens (tertiary/aromatic N) is 1. The van der Waals surface area contributed by atoms with Gasteiger partial charge in [-0.05, 0) is 43.5 Å². The van der Waals surface area contributed by atoms with E-state index in [1.807, 2.05) is 6.92 Å².